The number of aromatic nitrogens is 1. The van der Waals surface area contributed by atoms with Gasteiger partial charge in [-0.1, -0.05) is 81.5 Å². The number of benzene rings is 3. The molecule has 4 aromatic rings. The first-order valence-corrected chi connectivity index (χ1v) is 16.0. The highest BCUT2D eigenvalue weighted by Gasteiger charge is 2.32. The van der Waals surface area contributed by atoms with Crippen molar-refractivity contribution in [3.05, 3.63) is 95.4 Å². The van der Waals surface area contributed by atoms with Crippen LogP contribution < -0.4 is 15.0 Å². The van der Waals surface area contributed by atoms with Gasteiger partial charge in [0.1, 0.15) is 6.61 Å². The highest BCUT2D eigenvalue weighted by atomic mass is 32.1. The molecular formula is C35H40FN3O4S. The van der Waals surface area contributed by atoms with Crippen molar-refractivity contribution in [1.29, 1.82) is 0 Å². The summed E-state index contributed by atoms with van der Waals surface area (Å²) < 4.78 is 33.4. The molecule has 0 aliphatic carbocycles. The maximum atomic E-state index is 15.6. The zero-order chi connectivity index (χ0) is 31.1. The lowest BCUT2D eigenvalue weighted by molar-refractivity contribution is -0.226. The number of nitrogens with one attached hydrogen (secondary N) is 1. The number of ether oxygens (including phenoxy) is 3. The smallest absolute Gasteiger partial charge is 0.257 e. The normalized spacial score (nSPS) is 16.2. The van der Waals surface area contributed by atoms with Crippen LogP contribution in [0.3, 0.4) is 0 Å². The van der Waals surface area contributed by atoms with Crippen molar-refractivity contribution >= 4 is 28.1 Å². The molecule has 1 N–H and O–H groups in total. The molecule has 3 heterocycles. The molecule has 2 fully saturated rings. The fourth-order valence-electron chi connectivity index (χ4n) is 5.14. The third kappa shape index (κ3) is 7.64. The van der Waals surface area contributed by atoms with Crippen LogP contribution in [0, 0.1) is 11.2 Å². The third-order valence-electron chi connectivity index (χ3n) is 7.39. The van der Waals surface area contributed by atoms with Gasteiger partial charge in [-0.15, -0.1) is 0 Å². The number of amides is 1. The number of anilines is 2. The van der Waals surface area contributed by atoms with Crippen LogP contribution in [0.1, 0.15) is 68.3 Å². The predicted molar refractivity (Wildman–Crippen MR) is 174 cm³/mol. The Labute approximate surface area is 263 Å². The van der Waals surface area contributed by atoms with E-state index in [1.807, 2.05) is 70.2 Å². The van der Waals surface area contributed by atoms with E-state index in [0.29, 0.717) is 23.9 Å². The van der Waals surface area contributed by atoms with Gasteiger partial charge >= 0.3 is 0 Å². The molecule has 7 nitrogen and oxygen atoms in total. The number of hydrogen-bond acceptors (Lipinski definition) is 7. The van der Waals surface area contributed by atoms with Gasteiger partial charge in [0.05, 0.1) is 23.7 Å². The van der Waals surface area contributed by atoms with Crippen molar-refractivity contribution < 1.29 is 23.4 Å². The summed E-state index contributed by atoms with van der Waals surface area (Å²) in [4.78, 5) is 21.1. The Bertz CT molecular complexity index is 1540. The van der Waals surface area contributed by atoms with E-state index < -0.39 is 18.0 Å². The summed E-state index contributed by atoms with van der Waals surface area (Å²) in [5.41, 5.74) is 3.41. The fourth-order valence-corrected chi connectivity index (χ4v) is 5.95. The maximum Gasteiger partial charge on any atom is 0.257 e. The molecule has 2 aliphatic heterocycles. The van der Waals surface area contributed by atoms with Crippen molar-refractivity contribution in [1.82, 2.24) is 4.98 Å². The minimum Gasteiger partial charge on any atom is -0.485 e. The molecule has 6 rings (SSSR count). The standard InChI is InChI=1S/C33H34FN3O4S.C2H6/c1-33(2)20-40-31(41-21-33)26-16-24(17-27(34)29(26)39-19-22-9-4-3-5-10-22)30(38)36-32-35-18-28(42-32)23-11-8-12-25(15-23)37-13-6-7-14-37;1-2/h3-5,8-12,15-18,31H,6-7,13-14,19-21H2,1-2H3,(H,35,36,38);1-2H3. The average molecular weight is 618 g/mol. The molecule has 0 radical (unpaired) electrons. The second kappa shape index (κ2) is 14.3. The second-order valence-corrected chi connectivity index (χ2v) is 12.5. The van der Waals surface area contributed by atoms with Crippen LogP contribution in [-0.4, -0.2) is 37.2 Å². The van der Waals surface area contributed by atoms with Gasteiger partial charge in [-0.2, -0.15) is 0 Å². The molecule has 0 spiro atoms. The van der Waals surface area contributed by atoms with Crippen LogP contribution in [0.5, 0.6) is 5.75 Å². The summed E-state index contributed by atoms with van der Waals surface area (Å²) in [6.07, 6.45) is 3.31. The number of rotatable bonds is 8. The Kier molecular flexibility index (Phi) is 10.3. The summed E-state index contributed by atoms with van der Waals surface area (Å²) in [5.74, 6) is -1.13. The Morgan fingerprint density at radius 2 is 1.77 bits per heavy atom. The number of halogens is 1. The molecule has 0 saturated carbocycles. The molecule has 44 heavy (non-hydrogen) atoms. The Hall–Kier alpha value is -3.79. The van der Waals surface area contributed by atoms with E-state index in [4.69, 9.17) is 14.2 Å². The maximum absolute atomic E-state index is 15.6. The van der Waals surface area contributed by atoms with Crippen molar-refractivity contribution in [2.24, 2.45) is 5.41 Å². The monoisotopic (exact) mass is 617 g/mol. The van der Waals surface area contributed by atoms with E-state index in [-0.39, 0.29) is 23.3 Å². The molecule has 1 amide bonds. The van der Waals surface area contributed by atoms with E-state index in [2.05, 4.69) is 27.3 Å². The highest BCUT2D eigenvalue weighted by Crippen LogP contribution is 2.38. The van der Waals surface area contributed by atoms with Gasteiger partial charge in [0.25, 0.3) is 5.91 Å². The summed E-state index contributed by atoms with van der Waals surface area (Å²) >= 11 is 1.38. The largest absolute Gasteiger partial charge is 0.485 e. The zero-order valence-corrected chi connectivity index (χ0v) is 26.6. The van der Waals surface area contributed by atoms with Crippen molar-refractivity contribution in [2.75, 3.05) is 36.5 Å². The van der Waals surface area contributed by atoms with E-state index in [1.165, 1.54) is 35.9 Å². The van der Waals surface area contributed by atoms with E-state index in [9.17, 15) is 4.79 Å². The fraction of sp³-hybridized carbons (Fsp3) is 0.371. The lowest BCUT2D eigenvalue weighted by Gasteiger charge is -2.35. The number of carbonyl (C=O) groups excluding carboxylic acids is 1. The van der Waals surface area contributed by atoms with E-state index in [0.717, 1.165) is 29.1 Å². The topological polar surface area (TPSA) is 72.9 Å². The minimum atomic E-state index is -0.861. The van der Waals surface area contributed by atoms with Crippen molar-refractivity contribution in [3.8, 4) is 16.2 Å². The molecule has 0 unspecified atom stereocenters. The lowest BCUT2D eigenvalue weighted by Crippen LogP contribution is -2.34. The number of hydrogen-bond donors (Lipinski definition) is 1. The first kappa shape index (κ1) is 31.6. The second-order valence-electron chi connectivity index (χ2n) is 11.5. The van der Waals surface area contributed by atoms with Gasteiger partial charge in [-0.3, -0.25) is 10.1 Å². The lowest BCUT2D eigenvalue weighted by atomic mass is 9.95. The van der Waals surface area contributed by atoms with Crippen LogP contribution in [0.2, 0.25) is 0 Å². The molecule has 2 aliphatic rings. The first-order chi connectivity index (χ1) is 21.3. The van der Waals surface area contributed by atoms with Gasteiger partial charge in [-0.05, 0) is 48.2 Å². The Balaban J connectivity index is 0.00000188. The number of carbonyl (C=O) groups is 1. The molecule has 9 heteroatoms. The zero-order valence-electron chi connectivity index (χ0n) is 25.8. The SMILES string of the molecule is CC.CC1(C)COC(c2cc(C(=O)Nc3ncc(-c4cccc(N5CCCC5)c4)s3)cc(F)c2OCc2ccccc2)OC1. The van der Waals surface area contributed by atoms with Crippen LogP contribution in [0.4, 0.5) is 15.2 Å². The van der Waals surface area contributed by atoms with Crippen molar-refractivity contribution in [2.45, 2.75) is 53.4 Å². The molecule has 3 aromatic carbocycles. The van der Waals surface area contributed by atoms with Gasteiger partial charge in [0.2, 0.25) is 0 Å². The Morgan fingerprint density at radius 1 is 1.05 bits per heavy atom. The summed E-state index contributed by atoms with van der Waals surface area (Å²) in [6, 6.07) is 20.6. The summed E-state index contributed by atoms with van der Waals surface area (Å²) in [6.45, 7) is 11.2. The quantitative estimate of drug-likeness (QED) is 0.214. The summed E-state index contributed by atoms with van der Waals surface area (Å²) in [5, 5.41) is 3.27. The molecule has 1 aromatic heterocycles. The minimum absolute atomic E-state index is 0.00882. The van der Waals surface area contributed by atoms with Crippen LogP contribution in [0.15, 0.2) is 72.9 Å². The van der Waals surface area contributed by atoms with Crippen LogP contribution >= 0.6 is 11.3 Å². The van der Waals surface area contributed by atoms with Gasteiger partial charge in [-0.25, -0.2) is 9.37 Å². The van der Waals surface area contributed by atoms with Crippen molar-refractivity contribution in [3.63, 3.8) is 0 Å². The molecule has 0 atom stereocenters. The molecular weight excluding hydrogens is 577 g/mol. The highest BCUT2D eigenvalue weighted by molar-refractivity contribution is 7.19. The van der Waals surface area contributed by atoms with Gasteiger partial charge < -0.3 is 19.1 Å². The van der Waals surface area contributed by atoms with E-state index >= 15 is 4.39 Å². The average Bonchev–Trinajstić information content (AvgIpc) is 3.75. The number of nitrogens with zero attached hydrogens (tertiary/aromatic N) is 2. The van der Waals surface area contributed by atoms with Crippen LogP contribution in [0.25, 0.3) is 10.4 Å². The first-order valence-electron chi connectivity index (χ1n) is 15.2. The molecule has 2 saturated heterocycles. The molecule has 232 valence electrons. The predicted octanol–water partition coefficient (Wildman–Crippen LogP) is 8.48. The van der Waals surface area contributed by atoms with Gasteiger partial charge in [0.15, 0.2) is 23.0 Å². The molecule has 0 bridgehead atoms. The van der Waals surface area contributed by atoms with E-state index in [1.54, 1.807) is 12.3 Å². The summed E-state index contributed by atoms with van der Waals surface area (Å²) in [7, 11) is 0. The Morgan fingerprint density at radius 3 is 2.50 bits per heavy atom. The number of thiazole rings is 1. The third-order valence-corrected chi connectivity index (χ3v) is 8.36. The van der Waals surface area contributed by atoms with Gasteiger partial charge in [0, 0.05) is 36.0 Å². The van der Waals surface area contributed by atoms with Crippen LogP contribution in [-0.2, 0) is 16.1 Å².